The van der Waals surface area contributed by atoms with Gasteiger partial charge in [0, 0.05) is 33.2 Å². The number of nitrogens with zero attached hydrogens (tertiary/aromatic N) is 5. The fraction of sp³-hybridized carbons (Fsp3) is 0. The van der Waals surface area contributed by atoms with Gasteiger partial charge < -0.3 is 4.90 Å². The third-order valence-electron chi connectivity index (χ3n) is 10.5. The van der Waals surface area contributed by atoms with E-state index < -0.39 is 0 Å². The first-order chi connectivity index (χ1) is 26.3. The largest absolute Gasteiger partial charge is 0.310 e. The predicted octanol–water partition coefficient (Wildman–Crippen LogP) is 12.4. The number of benzene rings is 8. The molecule has 3 aromatic heterocycles. The molecule has 0 amide bonds. The second-order valence-electron chi connectivity index (χ2n) is 13.5. The Labute approximate surface area is 305 Å². The van der Waals surface area contributed by atoms with Crippen molar-refractivity contribution in [2.24, 2.45) is 0 Å². The van der Waals surface area contributed by atoms with E-state index in [1.807, 2.05) is 6.07 Å². The van der Waals surface area contributed by atoms with Crippen molar-refractivity contribution in [3.8, 4) is 17.1 Å². The van der Waals surface area contributed by atoms with Crippen LogP contribution in [0.2, 0.25) is 0 Å². The van der Waals surface area contributed by atoms with Gasteiger partial charge in [0.2, 0.25) is 5.95 Å². The molecule has 0 aliphatic heterocycles. The molecule has 5 heteroatoms. The van der Waals surface area contributed by atoms with Gasteiger partial charge in [0.05, 0.1) is 27.6 Å². The van der Waals surface area contributed by atoms with E-state index in [-0.39, 0.29) is 0 Å². The van der Waals surface area contributed by atoms with Crippen molar-refractivity contribution in [1.82, 2.24) is 18.9 Å². The highest BCUT2D eigenvalue weighted by molar-refractivity contribution is 6.22. The van der Waals surface area contributed by atoms with Gasteiger partial charge in [-0.25, -0.2) is 9.97 Å². The SMILES string of the molecule is c1ccc(-c2ccc(N(c3ccccc3)c3ccc4c(c3)c3c5ccccc5ccc3n4-c3nc4ccccc4c4nc5ccccc5n34)cc2)cc1. The molecule has 0 saturated heterocycles. The Morgan fingerprint density at radius 3 is 1.85 bits per heavy atom. The van der Waals surface area contributed by atoms with Gasteiger partial charge in [-0.05, 0) is 94.7 Å². The minimum Gasteiger partial charge on any atom is -0.310 e. The van der Waals surface area contributed by atoms with Gasteiger partial charge in [0.25, 0.3) is 0 Å². The number of para-hydroxylation sites is 4. The zero-order chi connectivity index (χ0) is 34.9. The second-order valence-corrected chi connectivity index (χ2v) is 13.5. The minimum atomic E-state index is 0.812. The van der Waals surface area contributed by atoms with Crippen molar-refractivity contribution in [3.63, 3.8) is 0 Å². The Hall–Kier alpha value is -7.24. The fourth-order valence-electron chi connectivity index (χ4n) is 8.07. The molecular formula is C48H31N5. The van der Waals surface area contributed by atoms with Crippen LogP contribution in [0.3, 0.4) is 0 Å². The van der Waals surface area contributed by atoms with E-state index in [1.165, 1.54) is 27.3 Å². The molecule has 0 radical (unpaired) electrons. The Bertz CT molecular complexity index is 3160. The predicted molar refractivity (Wildman–Crippen MR) is 220 cm³/mol. The second kappa shape index (κ2) is 11.7. The summed E-state index contributed by atoms with van der Waals surface area (Å²) in [6, 6.07) is 66.7. The van der Waals surface area contributed by atoms with Crippen molar-refractivity contribution in [1.29, 1.82) is 0 Å². The minimum absolute atomic E-state index is 0.812. The molecule has 0 spiro atoms. The molecule has 0 aliphatic rings. The monoisotopic (exact) mass is 677 g/mol. The molecule has 11 rings (SSSR count). The van der Waals surface area contributed by atoms with Crippen LogP contribution in [-0.2, 0) is 0 Å². The van der Waals surface area contributed by atoms with Crippen molar-refractivity contribution in [2.75, 3.05) is 4.90 Å². The zero-order valence-electron chi connectivity index (χ0n) is 28.6. The van der Waals surface area contributed by atoms with Crippen molar-refractivity contribution in [3.05, 3.63) is 188 Å². The number of fused-ring (bicyclic) bond motifs is 10. The molecular weight excluding hydrogens is 647 g/mol. The van der Waals surface area contributed by atoms with E-state index in [2.05, 4.69) is 196 Å². The smallest absolute Gasteiger partial charge is 0.221 e. The Kier molecular flexibility index (Phi) is 6.48. The summed E-state index contributed by atoms with van der Waals surface area (Å²) in [6.07, 6.45) is 0. The van der Waals surface area contributed by atoms with Crippen LogP contribution in [0.4, 0.5) is 17.1 Å². The van der Waals surface area contributed by atoms with Gasteiger partial charge in [0.15, 0.2) is 0 Å². The van der Waals surface area contributed by atoms with E-state index in [4.69, 9.17) is 9.97 Å². The molecule has 3 heterocycles. The van der Waals surface area contributed by atoms with Gasteiger partial charge in [-0.2, -0.15) is 0 Å². The van der Waals surface area contributed by atoms with E-state index in [0.29, 0.717) is 0 Å². The molecule has 0 unspecified atom stereocenters. The van der Waals surface area contributed by atoms with Crippen LogP contribution in [0.5, 0.6) is 0 Å². The van der Waals surface area contributed by atoms with Crippen LogP contribution in [0.25, 0.3) is 77.2 Å². The lowest BCUT2D eigenvalue weighted by molar-refractivity contribution is 0.979. The first kappa shape index (κ1) is 29.5. The quantitative estimate of drug-likeness (QED) is 0.182. The number of hydrogen-bond donors (Lipinski definition) is 0. The number of aromatic nitrogens is 4. The van der Waals surface area contributed by atoms with E-state index in [1.54, 1.807) is 0 Å². The first-order valence-corrected chi connectivity index (χ1v) is 17.9. The van der Waals surface area contributed by atoms with Crippen molar-refractivity contribution < 1.29 is 0 Å². The van der Waals surface area contributed by atoms with Gasteiger partial charge in [0.1, 0.15) is 5.65 Å². The lowest BCUT2D eigenvalue weighted by Gasteiger charge is -2.26. The number of imidazole rings is 1. The summed E-state index contributed by atoms with van der Waals surface area (Å²) < 4.78 is 4.56. The maximum absolute atomic E-state index is 5.41. The highest BCUT2D eigenvalue weighted by atomic mass is 15.2. The maximum Gasteiger partial charge on any atom is 0.221 e. The highest BCUT2D eigenvalue weighted by Crippen LogP contribution is 2.42. The van der Waals surface area contributed by atoms with Crippen molar-refractivity contribution in [2.45, 2.75) is 0 Å². The van der Waals surface area contributed by atoms with Crippen LogP contribution in [0, 0.1) is 0 Å². The summed E-state index contributed by atoms with van der Waals surface area (Å²) in [5.74, 6) is 0.812. The summed E-state index contributed by atoms with van der Waals surface area (Å²) in [7, 11) is 0. The molecule has 248 valence electrons. The van der Waals surface area contributed by atoms with Crippen LogP contribution < -0.4 is 4.90 Å². The molecule has 8 aromatic carbocycles. The number of anilines is 3. The maximum atomic E-state index is 5.41. The molecule has 5 nitrogen and oxygen atoms in total. The number of rotatable bonds is 5. The first-order valence-electron chi connectivity index (χ1n) is 17.9. The van der Waals surface area contributed by atoms with Gasteiger partial charge in [-0.3, -0.25) is 8.97 Å². The summed E-state index contributed by atoms with van der Waals surface area (Å²) in [5.41, 5.74) is 11.6. The van der Waals surface area contributed by atoms with E-state index >= 15 is 0 Å². The molecule has 0 atom stereocenters. The van der Waals surface area contributed by atoms with Crippen LogP contribution >= 0.6 is 0 Å². The third-order valence-corrected chi connectivity index (χ3v) is 10.5. The topological polar surface area (TPSA) is 38.4 Å². The van der Waals surface area contributed by atoms with Crippen LogP contribution in [0.15, 0.2) is 188 Å². The summed E-state index contributed by atoms with van der Waals surface area (Å²) in [5, 5.41) is 5.78. The molecule has 0 aliphatic carbocycles. The molecule has 53 heavy (non-hydrogen) atoms. The number of hydrogen-bond acceptors (Lipinski definition) is 3. The molecule has 0 fully saturated rings. The third kappa shape index (κ3) is 4.57. The Morgan fingerprint density at radius 2 is 1.02 bits per heavy atom. The normalized spacial score (nSPS) is 11.8. The van der Waals surface area contributed by atoms with Crippen LogP contribution in [-0.4, -0.2) is 18.9 Å². The van der Waals surface area contributed by atoms with Crippen molar-refractivity contribution >= 4 is 77.2 Å². The lowest BCUT2D eigenvalue weighted by Crippen LogP contribution is -2.10. The standard InChI is InChI=1S/C48H31N5/c1-3-13-32(14-4-1)33-23-26-36(27-24-33)51(35-16-5-2-6-17-35)37-28-30-43-40(31-37)46-38-18-8-7-15-34(38)25-29-45(46)52(43)48-50-41-20-10-9-19-39(41)47-49-42-21-11-12-22-44(42)53(47)48/h1-31H. The zero-order valence-corrected chi connectivity index (χ0v) is 28.6. The van der Waals surface area contributed by atoms with Gasteiger partial charge >= 0.3 is 0 Å². The van der Waals surface area contributed by atoms with E-state index in [9.17, 15) is 0 Å². The van der Waals surface area contributed by atoms with E-state index in [0.717, 1.165) is 67.0 Å². The molecule has 0 saturated carbocycles. The lowest BCUT2D eigenvalue weighted by atomic mass is 10.0. The summed E-state index contributed by atoms with van der Waals surface area (Å²) in [4.78, 5) is 12.9. The summed E-state index contributed by atoms with van der Waals surface area (Å²) in [6.45, 7) is 0. The fourth-order valence-corrected chi connectivity index (χ4v) is 8.07. The van der Waals surface area contributed by atoms with Gasteiger partial charge in [-0.1, -0.05) is 115 Å². The average Bonchev–Trinajstić information content (AvgIpc) is 3.78. The Balaban J connectivity index is 1.21. The highest BCUT2D eigenvalue weighted by Gasteiger charge is 2.22. The van der Waals surface area contributed by atoms with Gasteiger partial charge in [-0.15, -0.1) is 0 Å². The molecule has 0 N–H and O–H groups in total. The molecule has 11 aromatic rings. The Morgan fingerprint density at radius 1 is 0.396 bits per heavy atom. The van der Waals surface area contributed by atoms with Crippen LogP contribution in [0.1, 0.15) is 0 Å². The molecule has 0 bridgehead atoms. The summed E-state index contributed by atoms with van der Waals surface area (Å²) >= 11 is 0. The average molecular weight is 678 g/mol.